The number of nitrogens with zero attached hydrogens (tertiary/aromatic N) is 5. The number of rotatable bonds is 10. The second kappa shape index (κ2) is 12.4. The Bertz CT molecular complexity index is 1680. The Morgan fingerprint density at radius 3 is 2.69 bits per heavy atom. The van der Waals surface area contributed by atoms with Gasteiger partial charge < -0.3 is 25.7 Å². The second-order valence-electron chi connectivity index (χ2n) is 10.9. The number of anilines is 2. The van der Waals surface area contributed by atoms with E-state index in [1.54, 1.807) is 23.0 Å². The van der Waals surface area contributed by atoms with Gasteiger partial charge in [-0.05, 0) is 87.2 Å². The largest absolute Gasteiger partial charge is 0.490 e. The van der Waals surface area contributed by atoms with Crippen LogP contribution < -0.4 is 26.7 Å². The van der Waals surface area contributed by atoms with E-state index in [1.165, 1.54) is 0 Å². The van der Waals surface area contributed by atoms with Crippen LogP contribution in [0.5, 0.6) is 5.75 Å². The van der Waals surface area contributed by atoms with Gasteiger partial charge >= 0.3 is 0 Å². The predicted octanol–water partition coefficient (Wildman–Crippen LogP) is 4.40. The lowest BCUT2D eigenvalue weighted by Crippen LogP contribution is -2.34. The maximum absolute atomic E-state index is 13.8. The van der Waals surface area contributed by atoms with E-state index >= 15 is 0 Å². The third-order valence-corrected chi connectivity index (χ3v) is 7.95. The van der Waals surface area contributed by atoms with Gasteiger partial charge in [0.2, 0.25) is 5.95 Å². The normalized spacial score (nSPS) is 16.6. The van der Waals surface area contributed by atoms with E-state index in [1.807, 2.05) is 54.2 Å². The van der Waals surface area contributed by atoms with Crippen LogP contribution in [-0.2, 0) is 13.6 Å². The number of alkyl halides is 1. The molecule has 0 amide bonds. The Morgan fingerprint density at radius 2 is 2.00 bits per heavy atom. The third-order valence-electron chi connectivity index (χ3n) is 7.70. The van der Waals surface area contributed by atoms with Gasteiger partial charge in [-0.15, -0.1) is 11.6 Å². The Morgan fingerprint density at radius 1 is 1.21 bits per heavy atom. The van der Waals surface area contributed by atoms with Crippen LogP contribution in [0.4, 0.5) is 11.6 Å². The van der Waals surface area contributed by atoms with Crippen LogP contribution in [0, 0.1) is 5.92 Å². The number of hydrogen-bond donors (Lipinski definition) is 3. The van der Waals surface area contributed by atoms with Gasteiger partial charge in [0.05, 0.1) is 34.7 Å². The van der Waals surface area contributed by atoms with E-state index in [0.29, 0.717) is 41.0 Å². The lowest BCUT2D eigenvalue weighted by molar-refractivity contribution is 0.162. The lowest BCUT2D eigenvalue weighted by Gasteiger charge is -2.23. The SMILES string of the molecule is Cn1cccc1/C(N)=C/N=C(CCl)c1cc2cnc(Nc3ccc(OC4CCNCC4)cc3)nc2n(CC2CC2)c1=O. The molecule has 4 heterocycles. The fraction of sp³-hybridized carbons (Fsp3) is 0.355. The molecule has 3 aromatic heterocycles. The van der Waals surface area contributed by atoms with Gasteiger partial charge in [-0.1, -0.05) is 0 Å². The highest BCUT2D eigenvalue weighted by atomic mass is 35.5. The standard InChI is InChI=1S/C31H35ClN8O2/c1-39-14-2-3-28(39)26(33)18-35-27(16-32)25-15-21-17-36-31(38-29(21)40(30(25)41)19-20-4-5-20)37-22-6-8-23(9-7-22)42-24-10-12-34-13-11-24/h2-3,6-9,14-15,17-18,20,24,34H,4-5,10-13,16,19,33H2,1H3,(H,36,37,38)/b26-18-,35-27?. The summed E-state index contributed by atoms with van der Waals surface area (Å²) in [5, 5.41) is 7.36. The highest BCUT2D eigenvalue weighted by molar-refractivity contribution is 6.32. The molecule has 4 aromatic rings. The zero-order chi connectivity index (χ0) is 29.1. The van der Waals surface area contributed by atoms with E-state index in [2.05, 4.69) is 20.6 Å². The number of ether oxygens (including phenoxy) is 1. The predicted molar refractivity (Wildman–Crippen MR) is 168 cm³/mol. The molecule has 218 valence electrons. The molecule has 6 rings (SSSR count). The van der Waals surface area contributed by atoms with E-state index in [4.69, 9.17) is 27.1 Å². The molecule has 2 fully saturated rings. The van der Waals surface area contributed by atoms with Gasteiger partial charge in [0, 0.05) is 37.1 Å². The Kier molecular flexibility index (Phi) is 8.25. The van der Waals surface area contributed by atoms with Crippen LogP contribution in [0.25, 0.3) is 16.7 Å². The number of aryl methyl sites for hydroxylation is 1. The van der Waals surface area contributed by atoms with Crippen molar-refractivity contribution in [3.05, 3.63) is 82.7 Å². The van der Waals surface area contributed by atoms with E-state index in [0.717, 1.165) is 61.3 Å². The molecule has 1 saturated heterocycles. The molecule has 42 heavy (non-hydrogen) atoms. The maximum Gasteiger partial charge on any atom is 0.261 e. The molecule has 1 aromatic carbocycles. The summed E-state index contributed by atoms with van der Waals surface area (Å²) in [6.45, 7) is 2.55. The molecule has 0 spiro atoms. The molecule has 0 unspecified atom stereocenters. The molecule has 2 aliphatic rings. The summed E-state index contributed by atoms with van der Waals surface area (Å²) in [6, 6.07) is 13.4. The molecule has 0 radical (unpaired) electrons. The highest BCUT2D eigenvalue weighted by Gasteiger charge is 2.25. The minimum atomic E-state index is -0.177. The topological polar surface area (TPSA) is 124 Å². The number of aliphatic imine (C=N–C) groups is 1. The second-order valence-corrected chi connectivity index (χ2v) is 11.2. The molecule has 10 nitrogen and oxygen atoms in total. The number of piperidine rings is 1. The highest BCUT2D eigenvalue weighted by Crippen LogP contribution is 2.31. The number of nitrogens with two attached hydrogens (primary N) is 1. The molecule has 4 N–H and O–H groups in total. The first-order valence-electron chi connectivity index (χ1n) is 14.3. The summed E-state index contributed by atoms with van der Waals surface area (Å²) in [7, 11) is 1.91. The molecule has 1 aliphatic carbocycles. The van der Waals surface area contributed by atoms with Gasteiger partial charge in [0.1, 0.15) is 17.5 Å². The van der Waals surface area contributed by atoms with Crippen molar-refractivity contribution >= 4 is 45.7 Å². The van der Waals surface area contributed by atoms with Crippen LogP contribution in [0.2, 0.25) is 0 Å². The zero-order valence-electron chi connectivity index (χ0n) is 23.6. The first kappa shape index (κ1) is 28.0. The van der Waals surface area contributed by atoms with Crippen molar-refractivity contribution in [1.82, 2.24) is 24.4 Å². The van der Waals surface area contributed by atoms with Crippen molar-refractivity contribution in [2.75, 3.05) is 24.3 Å². The first-order valence-corrected chi connectivity index (χ1v) is 14.9. The first-order chi connectivity index (χ1) is 20.5. The molecular formula is C31H35ClN8O2. The van der Waals surface area contributed by atoms with Crippen LogP contribution in [-0.4, -0.2) is 49.9 Å². The number of hydrogen-bond acceptors (Lipinski definition) is 8. The molecule has 1 saturated carbocycles. The molecule has 0 bridgehead atoms. The van der Waals surface area contributed by atoms with Crippen LogP contribution >= 0.6 is 11.6 Å². The quantitative estimate of drug-likeness (QED) is 0.186. The van der Waals surface area contributed by atoms with Crippen LogP contribution in [0.3, 0.4) is 0 Å². The van der Waals surface area contributed by atoms with Crippen molar-refractivity contribution in [3.8, 4) is 5.75 Å². The van der Waals surface area contributed by atoms with Crippen LogP contribution in [0.1, 0.15) is 36.9 Å². The number of fused-ring (bicyclic) bond motifs is 1. The number of nitrogens with one attached hydrogen (secondary N) is 2. The van der Waals surface area contributed by atoms with Gasteiger partial charge in [-0.3, -0.25) is 14.4 Å². The Balaban J connectivity index is 1.28. The fourth-order valence-corrected chi connectivity index (χ4v) is 5.37. The number of halogens is 1. The third kappa shape index (κ3) is 6.34. The van der Waals surface area contributed by atoms with Crippen molar-refractivity contribution in [1.29, 1.82) is 0 Å². The maximum atomic E-state index is 13.8. The van der Waals surface area contributed by atoms with E-state index < -0.39 is 0 Å². The Labute approximate surface area is 249 Å². The average molecular weight is 587 g/mol. The number of aromatic nitrogens is 4. The van der Waals surface area contributed by atoms with Gasteiger partial charge in [0.15, 0.2) is 0 Å². The summed E-state index contributed by atoms with van der Waals surface area (Å²) < 4.78 is 9.75. The molecular weight excluding hydrogens is 552 g/mol. The summed E-state index contributed by atoms with van der Waals surface area (Å²) in [5.41, 5.74) is 9.66. The van der Waals surface area contributed by atoms with Crippen LogP contribution in [0.15, 0.2) is 70.8 Å². The van der Waals surface area contributed by atoms with Gasteiger partial charge in [-0.2, -0.15) is 4.98 Å². The fourth-order valence-electron chi connectivity index (χ4n) is 5.16. The summed E-state index contributed by atoms with van der Waals surface area (Å²) in [6.07, 6.45) is 9.62. The minimum Gasteiger partial charge on any atom is -0.490 e. The molecule has 0 atom stereocenters. The molecule has 11 heteroatoms. The number of pyridine rings is 1. The Hall–Kier alpha value is -4.15. The smallest absolute Gasteiger partial charge is 0.261 e. The van der Waals surface area contributed by atoms with Gasteiger partial charge in [0.25, 0.3) is 5.56 Å². The van der Waals surface area contributed by atoms with E-state index in [-0.39, 0.29) is 17.5 Å². The average Bonchev–Trinajstić information content (AvgIpc) is 3.73. The minimum absolute atomic E-state index is 0.0545. The van der Waals surface area contributed by atoms with Crippen molar-refractivity contribution < 1.29 is 4.74 Å². The van der Waals surface area contributed by atoms with Crippen molar-refractivity contribution in [3.63, 3.8) is 0 Å². The zero-order valence-corrected chi connectivity index (χ0v) is 24.3. The lowest BCUT2D eigenvalue weighted by atomic mass is 10.1. The van der Waals surface area contributed by atoms with Gasteiger partial charge in [-0.25, -0.2) is 4.98 Å². The summed E-state index contributed by atoms with van der Waals surface area (Å²) >= 11 is 6.31. The molecule has 1 aliphatic heterocycles. The number of benzene rings is 1. The summed E-state index contributed by atoms with van der Waals surface area (Å²) in [5.74, 6) is 1.76. The van der Waals surface area contributed by atoms with Crippen molar-refractivity contribution in [2.45, 2.75) is 38.3 Å². The monoisotopic (exact) mass is 586 g/mol. The van der Waals surface area contributed by atoms with Crippen molar-refractivity contribution in [2.24, 2.45) is 23.7 Å². The summed E-state index contributed by atoms with van der Waals surface area (Å²) in [4.78, 5) is 27.7. The van der Waals surface area contributed by atoms with E-state index in [9.17, 15) is 4.79 Å².